The Bertz CT molecular complexity index is 574. The predicted molar refractivity (Wildman–Crippen MR) is 85.2 cm³/mol. The van der Waals surface area contributed by atoms with E-state index in [1.807, 2.05) is 0 Å². The van der Waals surface area contributed by atoms with Crippen LogP contribution in [0.15, 0.2) is 48.5 Å². The first-order chi connectivity index (χ1) is 9.74. The highest BCUT2D eigenvalue weighted by atomic mass is 14.9. The fraction of sp³-hybridized carbons (Fsp3) is 0.368. The Hall–Kier alpha value is -1.60. The second-order valence-corrected chi connectivity index (χ2v) is 6.01. The Labute approximate surface area is 122 Å². The molecule has 1 saturated heterocycles. The van der Waals surface area contributed by atoms with Gasteiger partial charge in [0.25, 0.3) is 0 Å². The summed E-state index contributed by atoms with van der Waals surface area (Å²) in [5.74, 6) is 0.648. The monoisotopic (exact) mass is 265 g/mol. The summed E-state index contributed by atoms with van der Waals surface area (Å²) in [6.45, 7) is 5.57. The van der Waals surface area contributed by atoms with Crippen LogP contribution in [-0.4, -0.2) is 12.6 Å². The summed E-state index contributed by atoms with van der Waals surface area (Å²) in [6, 6.07) is 18.3. The standard InChI is InChI=1S/C19H23N/c1-14-8-9-15(2)18(12-14)17-10-11-20-19(17)13-16-6-4-3-5-7-16/h3-9,12,17,19-20H,10-11,13H2,1-2H3. The Morgan fingerprint density at radius 2 is 1.85 bits per heavy atom. The zero-order valence-electron chi connectivity index (χ0n) is 12.4. The summed E-state index contributed by atoms with van der Waals surface area (Å²) < 4.78 is 0. The van der Waals surface area contributed by atoms with Crippen molar-refractivity contribution < 1.29 is 0 Å². The summed E-state index contributed by atoms with van der Waals surface area (Å²) in [6.07, 6.45) is 2.38. The third-order valence-electron chi connectivity index (χ3n) is 4.48. The van der Waals surface area contributed by atoms with E-state index in [-0.39, 0.29) is 0 Å². The number of rotatable bonds is 3. The molecule has 2 atom stereocenters. The normalized spacial score (nSPS) is 22.1. The zero-order chi connectivity index (χ0) is 13.9. The van der Waals surface area contributed by atoms with Gasteiger partial charge in [0.15, 0.2) is 0 Å². The fourth-order valence-corrected chi connectivity index (χ4v) is 3.38. The average molecular weight is 265 g/mol. The van der Waals surface area contributed by atoms with Crippen molar-refractivity contribution in [2.45, 2.75) is 38.6 Å². The van der Waals surface area contributed by atoms with Crippen LogP contribution in [0.1, 0.15) is 34.6 Å². The van der Waals surface area contributed by atoms with Crippen LogP contribution >= 0.6 is 0 Å². The molecule has 104 valence electrons. The van der Waals surface area contributed by atoms with Gasteiger partial charge >= 0.3 is 0 Å². The van der Waals surface area contributed by atoms with E-state index in [2.05, 4.69) is 67.7 Å². The first-order valence-corrected chi connectivity index (χ1v) is 7.58. The molecule has 0 amide bonds. The molecule has 1 heterocycles. The van der Waals surface area contributed by atoms with Gasteiger partial charge in [-0.15, -0.1) is 0 Å². The zero-order valence-corrected chi connectivity index (χ0v) is 12.4. The summed E-state index contributed by atoms with van der Waals surface area (Å²) in [4.78, 5) is 0. The molecule has 1 nitrogen and oxygen atoms in total. The number of nitrogens with one attached hydrogen (secondary N) is 1. The first-order valence-electron chi connectivity index (χ1n) is 7.58. The lowest BCUT2D eigenvalue weighted by Crippen LogP contribution is -2.28. The molecule has 1 heteroatoms. The van der Waals surface area contributed by atoms with Gasteiger partial charge in [-0.2, -0.15) is 0 Å². The smallest absolute Gasteiger partial charge is 0.0177 e. The SMILES string of the molecule is Cc1ccc(C)c(C2CCNC2Cc2ccccc2)c1. The molecule has 1 fully saturated rings. The van der Waals surface area contributed by atoms with E-state index in [1.54, 1.807) is 0 Å². The molecule has 1 aliphatic heterocycles. The van der Waals surface area contributed by atoms with Crippen LogP contribution in [0, 0.1) is 13.8 Å². The van der Waals surface area contributed by atoms with Gasteiger partial charge in [-0.1, -0.05) is 54.1 Å². The Morgan fingerprint density at radius 1 is 1.05 bits per heavy atom. The molecule has 2 aromatic rings. The highest BCUT2D eigenvalue weighted by Gasteiger charge is 2.29. The van der Waals surface area contributed by atoms with Crippen molar-refractivity contribution in [3.8, 4) is 0 Å². The summed E-state index contributed by atoms with van der Waals surface area (Å²) in [5.41, 5.74) is 5.77. The van der Waals surface area contributed by atoms with E-state index in [0.29, 0.717) is 12.0 Å². The third kappa shape index (κ3) is 2.78. The number of hydrogen-bond donors (Lipinski definition) is 1. The minimum absolute atomic E-state index is 0.568. The highest BCUT2D eigenvalue weighted by molar-refractivity contribution is 5.35. The van der Waals surface area contributed by atoms with Gasteiger partial charge in [0.1, 0.15) is 0 Å². The molecule has 20 heavy (non-hydrogen) atoms. The molecule has 0 saturated carbocycles. The highest BCUT2D eigenvalue weighted by Crippen LogP contribution is 2.32. The lowest BCUT2D eigenvalue weighted by Gasteiger charge is -2.22. The molecule has 0 radical (unpaired) electrons. The maximum atomic E-state index is 3.70. The van der Waals surface area contributed by atoms with Crippen LogP contribution < -0.4 is 5.32 Å². The molecule has 0 bridgehead atoms. The fourth-order valence-electron chi connectivity index (χ4n) is 3.38. The van der Waals surface area contributed by atoms with Crippen LogP contribution in [0.25, 0.3) is 0 Å². The van der Waals surface area contributed by atoms with Gasteiger partial charge in [0, 0.05) is 12.0 Å². The third-order valence-corrected chi connectivity index (χ3v) is 4.48. The molecular weight excluding hydrogens is 242 g/mol. The van der Waals surface area contributed by atoms with Crippen LogP contribution in [0.4, 0.5) is 0 Å². The number of aryl methyl sites for hydroxylation is 2. The van der Waals surface area contributed by atoms with Crippen molar-refractivity contribution in [3.05, 3.63) is 70.8 Å². The molecule has 1 N–H and O–H groups in total. The van der Waals surface area contributed by atoms with E-state index >= 15 is 0 Å². The summed E-state index contributed by atoms with van der Waals surface area (Å²) in [5, 5.41) is 3.70. The van der Waals surface area contributed by atoms with E-state index in [4.69, 9.17) is 0 Å². The van der Waals surface area contributed by atoms with Crippen molar-refractivity contribution >= 4 is 0 Å². The second-order valence-electron chi connectivity index (χ2n) is 6.01. The lowest BCUT2D eigenvalue weighted by atomic mass is 9.85. The van der Waals surface area contributed by atoms with Gasteiger partial charge in [0.2, 0.25) is 0 Å². The number of benzene rings is 2. The molecule has 1 aliphatic rings. The second kappa shape index (κ2) is 5.80. The van der Waals surface area contributed by atoms with E-state index in [0.717, 1.165) is 13.0 Å². The molecule has 0 aliphatic carbocycles. The molecular formula is C19H23N. The maximum Gasteiger partial charge on any atom is 0.0177 e. The Balaban J connectivity index is 1.83. The summed E-state index contributed by atoms with van der Waals surface area (Å²) >= 11 is 0. The van der Waals surface area contributed by atoms with E-state index < -0.39 is 0 Å². The van der Waals surface area contributed by atoms with Crippen molar-refractivity contribution in [2.75, 3.05) is 6.54 Å². The topological polar surface area (TPSA) is 12.0 Å². The van der Waals surface area contributed by atoms with Gasteiger partial charge in [-0.25, -0.2) is 0 Å². The first kappa shape index (κ1) is 13.4. The molecule has 2 aromatic carbocycles. The van der Waals surface area contributed by atoms with Crippen molar-refractivity contribution in [3.63, 3.8) is 0 Å². The van der Waals surface area contributed by atoms with Gasteiger partial charge in [-0.3, -0.25) is 0 Å². The minimum Gasteiger partial charge on any atom is -0.313 e. The van der Waals surface area contributed by atoms with Crippen LogP contribution in [0.3, 0.4) is 0 Å². The van der Waals surface area contributed by atoms with Crippen LogP contribution in [0.2, 0.25) is 0 Å². The molecule has 3 rings (SSSR count). The van der Waals surface area contributed by atoms with Crippen LogP contribution in [0.5, 0.6) is 0 Å². The van der Waals surface area contributed by atoms with Gasteiger partial charge in [-0.05, 0) is 49.9 Å². The minimum atomic E-state index is 0.568. The molecule has 0 aromatic heterocycles. The summed E-state index contributed by atoms with van der Waals surface area (Å²) in [7, 11) is 0. The molecule has 2 unspecified atom stereocenters. The van der Waals surface area contributed by atoms with Crippen molar-refractivity contribution in [1.29, 1.82) is 0 Å². The van der Waals surface area contributed by atoms with Gasteiger partial charge in [0.05, 0.1) is 0 Å². The lowest BCUT2D eigenvalue weighted by molar-refractivity contribution is 0.542. The van der Waals surface area contributed by atoms with Crippen molar-refractivity contribution in [2.24, 2.45) is 0 Å². The maximum absolute atomic E-state index is 3.70. The van der Waals surface area contributed by atoms with Crippen molar-refractivity contribution in [1.82, 2.24) is 5.32 Å². The van der Waals surface area contributed by atoms with E-state index in [9.17, 15) is 0 Å². The Kier molecular flexibility index (Phi) is 3.88. The van der Waals surface area contributed by atoms with E-state index in [1.165, 1.54) is 28.7 Å². The Morgan fingerprint density at radius 3 is 2.65 bits per heavy atom. The largest absolute Gasteiger partial charge is 0.313 e. The average Bonchev–Trinajstić information content (AvgIpc) is 2.91. The van der Waals surface area contributed by atoms with Crippen LogP contribution in [-0.2, 0) is 6.42 Å². The quantitative estimate of drug-likeness (QED) is 0.884. The number of hydrogen-bond acceptors (Lipinski definition) is 1. The molecule has 0 spiro atoms. The van der Waals surface area contributed by atoms with Gasteiger partial charge < -0.3 is 5.32 Å². The predicted octanol–water partition coefficient (Wildman–Crippen LogP) is 3.99.